The summed E-state index contributed by atoms with van der Waals surface area (Å²) in [7, 11) is 0. The van der Waals surface area contributed by atoms with Gasteiger partial charge in [0.25, 0.3) is 0 Å². The summed E-state index contributed by atoms with van der Waals surface area (Å²) in [5.41, 5.74) is 0. The molecule has 1 saturated heterocycles. The zero-order valence-electron chi connectivity index (χ0n) is 15.4. The average Bonchev–Trinajstić information content (AvgIpc) is 3.25. The van der Waals surface area contributed by atoms with Crippen LogP contribution in [0.4, 0.5) is 4.39 Å². The summed E-state index contributed by atoms with van der Waals surface area (Å²) >= 11 is 1.38. The molecule has 27 heavy (non-hydrogen) atoms. The molecule has 0 bridgehead atoms. The number of ether oxygens (including phenoxy) is 2. The molecule has 6 nitrogen and oxygen atoms in total. The number of carbonyl (C=O) groups is 1. The quantitative estimate of drug-likeness (QED) is 0.449. The maximum Gasteiger partial charge on any atom is 0.319 e. The van der Waals surface area contributed by atoms with Crippen molar-refractivity contribution in [1.82, 2.24) is 14.8 Å². The minimum atomic E-state index is -0.408. The largest absolute Gasteiger partial charge is 0.483 e. The van der Waals surface area contributed by atoms with E-state index in [9.17, 15) is 9.18 Å². The minimum Gasteiger partial charge on any atom is -0.483 e. The van der Waals surface area contributed by atoms with E-state index in [1.165, 1.54) is 24.2 Å². The number of nitrogens with zero attached hydrogens (tertiary/aromatic N) is 3. The summed E-state index contributed by atoms with van der Waals surface area (Å²) in [6, 6.07) is 6.29. The summed E-state index contributed by atoms with van der Waals surface area (Å²) in [6.07, 6.45) is 5.09. The Hall–Kier alpha value is -2.09. The third-order valence-electron chi connectivity index (χ3n) is 4.36. The second-order valence-electron chi connectivity index (χ2n) is 6.39. The lowest BCUT2D eigenvalue weighted by Crippen LogP contribution is -2.13. The molecule has 1 aromatic heterocycles. The van der Waals surface area contributed by atoms with E-state index in [4.69, 9.17) is 9.47 Å². The maximum atomic E-state index is 13.8. The highest BCUT2D eigenvalue weighted by Crippen LogP contribution is 2.29. The lowest BCUT2D eigenvalue weighted by molar-refractivity contribution is -0.137. The normalized spacial score (nSPS) is 16.5. The standard InChI is InChI=1S/C19H24FN3O3S/c1-2-3-4-7-11-23-17(13-26-15-9-6-5-8-14(15)20)21-22-19(23)27-16-10-12-25-18(16)24/h5-6,8-9,16H,2-4,7,10-13H2,1H3/t16-/m1/s1. The van der Waals surface area contributed by atoms with Crippen LogP contribution in [0.1, 0.15) is 44.9 Å². The van der Waals surface area contributed by atoms with Crippen LogP contribution >= 0.6 is 11.8 Å². The van der Waals surface area contributed by atoms with Crippen molar-refractivity contribution in [3.8, 4) is 5.75 Å². The van der Waals surface area contributed by atoms with Crippen LogP contribution in [0.25, 0.3) is 0 Å². The Bertz CT molecular complexity index is 768. The first-order chi connectivity index (χ1) is 13.2. The fourth-order valence-corrected chi connectivity index (χ4v) is 3.89. The predicted molar refractivity (Wildman–Crippen MR) is 100 cm³/mol. The summed E-state index contributed by atoms with van der Waals surface area (Å²) in [5, 5.41) is 8.90. The molecule has 0 amide bonds. The molecule has 8 heteroatoms. The van der Waals surface area contributed by atoms with Gasteiger partial charge in [-0.25, -0.2) is 4.39 Å². The Morgan fingerprint density at radius 2 is 2.15 bits per heavy atom. The van der Waals surface area contributed by atoms with Crippen LogP contribution in [0.5, 0.6) is 5.75 Å². The van der Waals surface area contributed by atoms with E-state index in [1.807, 2.05) is 4.57 Å². The second-order valence-corrected chi connectivity index (χ2v) is 7.56. The Morgan fingerprint density at radius 3 is 2.89 bits per heavy atom. The van der Waals surface area contributed by atoms with Crippen LogP contribution in [-0.4, -0.2) is 32.6 Å². The molecule has 0 aliphatic carbocycles. The summed E-state index contributed by atoms with van der Waals surface area (Å²) in [5.74, 6) is 0.203. The number of cyclic esters (lactones) is 1. The van der Waals surface area contributed by atoms with Crippen molar-refractivity contribution >= 4 is 17.7 Å². The van der Waals surface area contributed by atoms with E-state index in [2.05, 4.69) is 17.1 Å². The minimum absolute atomic E-state index is 0.122. The van der Waals surface area contributed by atoms with Gasteiger partial charge in [0, 0.05) is 13.0 Å². The molecule has 1 aliphatic rings. The number of benzene rings is 1. The molecular weight excluding hydrogens is 369 g/mol. The fourth-order valence-electron chi connectivity index (χ4n) is 2.85. The lowest BCUT2D eigenvalue weighted by Gasteiger charge is -2.12. The molecule has 1 fully saturated rings. The van der Waals surface area contributed by atoms with Gasteiger partial charge in [-0.1, -0.05) is 50.1 Å². The number of rotatable bonds is 10. The SMILES string of the molecule is CCCCCCn1c(COc2ccccc2F)nnc1S[C@@H]1CCOC1=O. The number of hydrogen-bond acceptors (Lipinski definition) is 6. The number of aromatic nitrogens is 3. The lowest BCUT2D eigenvalue weighted by atomic mass is 10.2. The average molecular weight is 393 g/mol. The maximum absolute atomic E-state index is 13.8. The van der Waals surface area contributed by atoms with Crippen molar-refractivity contribution in [2.75, 3.05) is 6.61 Å². The van der Waals surface area contributed by atoms with E-state index in [0.29, 0.717) is 24.0 Å². The second kappa shape index (κ2) is 9.73. The van der Waals surface area contributed by atoms with E-state index in [0.717, 1.165) is 25.8 Å². The van der Waals surface area contributed by atoms with Crippen molar-refractivity contribution < 1.29 is 18.7 Å². The van der Waals surface area contributed by atoms with Crippen LogP contribution in [0.2, 0.25) is 0 Å². The third kappa shape index (κ3) is 5.22. The smallest absolute Gasteiger partial charge is 0.319 e. The van der Waals surface area contributed by atoms with E-state index in [1.54, 1.807) is 18.2 Å². The molecule has 0 radical (unpaired) electrons. The molecule has 2 aromatic rings. The first kappa shape index (κ1) is 19.7. The van der Waals surface area contributed by atoms with Crippen molar-refractivity contribution in [1.29, 1.82) is 0 Å². The van der Waals surface area contributed by atoms with Gasteiger partial charge in [0.1, 0.15) is 11.9 Å². The van der Waals surface area contributed by atoms with Gasteiger partial charge in [0.05, 0.1) is 6.61 Å². The van der Waals surface area contributed by atoms with Gasteiger partial charge in [-0.2, -0.15) is 0 Å². The molecule has 0 spiro atoms. The molecule has 2 heterocycles. The van der Waals surface area contributed by atoms with Gasteiger partial charge < -0.3 is 14.0 Å². The highest BCUT2D eigenvalue weighted by atomic mass is 32.2. The van der Waals surface area contributed by atoms with Crippen molar-refractivity contribution in [3.63, 3.8) is 0 Å². The number of hydrogen-bond donors (Lipinski definition) is 0. The van der Waals surface area contributed by atoms with Gasteiger partial charge >= 0.3 is 5.97 Å². The number of halogens is 1. The summed E-state index contributed by atoms with van der Waals surface area (Å²) in [4.78, 5) is 11.8. The molecule has 1 atom stereocenters. The van der Waals surface area contributed by atoms with Gasteiger partial charge in [-0.15, -0.1) is 10.2 Å². The Kier molecular flexibility index (Phi) is 7.09. The van der Waals surface area contributed by atoms with Crippen molar-refractivity contribution in [2.45, 2.75) is 62.6 Å². The van der Waals surface area contributed by atoms with Crippen molar-refractivity contribution in [3.05, 3.63) is 35.9 Å². The zero-order chi connectivity index (χ0) is 19.1. The van der Waals surface area contributed by atoms with Crippen LogP contribution in [-0.2, 0) is 22.7 Å². The van der Waals surface area contributed by atoms with Crippen LogP contribution in [0.3, 0.4) is 0 Å². The van der Waals surface area contributed by atoms with E-state index < -0.39 is 5.82 Å². The van der Waals surface area contributed by atoms with Gasteiger partial charge in [0.15, 0.2) is 22.5 Å². The number of esters is 1. The Balaban J connectivity index is 1.71. The molecule has 1 aromatic carbocycles. The van der Waals surface area contributed by atoms with Gasteiger partial charge in [0.2, 0.25) is 0 Å². The number of para-hydroxylation sites is 1. The third-order valence-corrected chi connectivity index (χ3v) is 5.58. The molecule has 146 valence electrons. The van der Waals surface area contributed by atoms with Crippen LogP contribution in [0, 0.1) is 5.82 Å². The molecule has 0 unspecified atom stereocenters. The zero-order valence-corrected chi connectivity index (χ0v) is 16.2. The highest BCUT2D eigenvalue weighted by Gasteiger charge is 2.30. The Labute approximate surface area is 162 Å². The van der Waals surface area contributed by atoms with E-state index in [-0.39, 0.29) is 23.6 Å². The molecule has 0 saturated carbocycles. The summed E-state index contributed by atoms with van der Waals surface area (Å²) in [6.45, 7) is 3.48. The van der Waals surface area contributed by atoms with Crippen LogP contribution in [0.15, 0.2) is 29.4 Å². The monoisotopic (exact) mass is 393 g/mol. The molecule has 0 N–H and O–H groups in total. The van der Waals surface area contributed by atoms with Crippen LogP contribution < -0.4 is 4.74 Å². The number of carbonyl (C=O) groups excluding carboxylic acids is 1. The first-order valence-corrected chi connectivity index (χ1v) is 10.2. The van der Waals surface area contributed by atoms with Gasteiger partial charge in [-0.3, -0.25) is 4.79 Å². The summed E-state index contributed by atoms with van der Waals surface area (Å²) < 4.78 is 26.4. The number of unbranched alkanes of at least 4 members (excludes halogenated alkanes) is 3. The molecular formula is C19H24FN3O3S. The fraction of sp³-hybridized carbons (Fsp3) is 0.526. The van der Waals surface area contributed by atoms with E-state index >= 15 is 0 Å². The van der Waals surface area contributed by atoms with Gasteiger partial charge in [-0.05, 0) is 18.6 Å². The Morgan fingerprint density at radius 1 is 1.30 bits per heavy atom. The topological polar surface area (TPSA) is 66.2 Å². The first-order valence-electron chi connectivity index (χ1n) is 9.31. The molecule has 1 aliphatic heterocycles. The predicted octanol–water partition coefficient (Wildman–Crippen LogP) is 3.98. The molecule has 3 rings (SSSR count). The van der Waals surface area contributed by atoms with Crippen molar-refractivity contribution in [2.24, 2.45) is 0 Å². The number of thioether (sulfide) groups is 1. The highest BCUT2D eigenvalue weighted by molar-refractivity contribution is 8.00.